The fraction of sp³-hybridized carbons (Fsp3) is 0.100. The number of anilines is 1. The molecule has 0 bridgehead atoms. The molecular formula is C20H18FN3S. The lowest BCUT2D eigenvalue weighted by Crippen LogP contribution is -2.02. The minimum atomic E-state index is -0.242. The Morgan fingerprint density at radius 2 is 1.76 bits per heavy atom. The second-order valence-corrected chi connectivity index (χ2v) is 6.84. The average molecular weight is 351 g/mol. The van der Waals surface area contributed by atoms with E-state index in [0.29, 0.717) is 18.1 Å². The van der Waals surface area contributed by atoms with Crippen LogP contribution in [0.15, 0.2) is 71.1 Å². The number of nitrogens with zero attached hydrogens (tertiary/aromatic N) is 2. The van der Waals surface area contributed by atoms with Gasteiger partial charge in [0, 0.05) is 17.5 Å². The molecule has 0 amide bonds. The molecule has 1 aromatic heterocycles. The molecule has 5 heteroatoms. The highest BCUT2D eigenvalue weighted by Crippen LogP contribution is 2.32. The number of aromatic nitrogens is 2. The Morgan fingerprint density at radius 3 is 2.44 bits per heavy atom. The van der Waals surface area contributed by atoms with Crippen molar-refractivity contribution in [3.63, 3.8) is 0 Å². The van der Waals surface area contributed by atoms with Gasteiger partial charge in [-0.1, -0.05) is 60.8 Å². The van der Waals surface area contributed by atoms with Crippen molar-refractivity contribution in [1.82, 2.24) is 9.97 Å². The van der Waals surface area contributed by atoms with Gasteiger partial charge in [0.15, 0.2) is 5.82 Å². The van der Waals surface area contributed by atoms with E-state index in [2.05, 4.69) is 16.5 Å². The van der Waals surface area contributed by atoms with Gasteiger partial charge in [0.25, 0.3) is 0 Å². The summed E-state index contributed by atoms with van der Waals surface area (Å²) >= 11 is 1.47. The first-order chi connectivity index (χ1) is 12.0. The van der Waals surface area contributed by atoms with Crippen molar-refractivity contribution in [1.29, 1.82) is 0 Å². The van der Waals surface area contributed by atoms with Gasteiger partial charge in [0.1, 0.15) is 16.7 Å². The zero-order valence-electron chi connectivity index (χ0n) is 13.9. The predicted molar refractivity (Wildman–Crippen MR) is 102 cm³/mol. The van der Waals surface area contributed by atoms with E-state index in [9.17, 15) is 4.39 Å². The fourth-order valence-electron chi connectivity index (χ4n) is 2.33. The van der Waals surface area contributed by atoms with E-state index in [1.54, 1.807) is 12.1 Å². The Hall–Kier alpha value is -2.66. The second-order valence-electron chi connectivity index (χ2n) is 5.67. The van der Waals surface area contributed by atoms with E-state index >= 15 is 0 Å². The maximum atomic E-state index is 13.0. The van der Waals surface area contributed by atoms with Crippen LogP contribution in [0, 0.1) is 12.7 Å². The maximum absolute atomic E-state index is 13.0. The molecule has 126 valence electrons. The molecule has 2 N–H and O–H groups in total. The van der Waals surface area contributed by atoms with E-state index in [-0.39, 0.29) is 5.82 Å². The standard InChI is InChI=1S/C20H18FN3S/c1-13(12-15-8-10-17(21)11-9-15)25-20-14(2)18(22)23-19(24-20)16-6-4-3-5-7-16/h3-11H,1,12H2,2H3,(H2,22,23,24). The number of nitrogen functional groups attached to an aromatic ring is 1. The number of nitrogens with two attached hydrogens (primary N) is 1. The van der Waals surface area contributed by atoms with Gasteiger partial charge in [-0.3, -0.25) is 0 Å². The second kappa shape index (κ2) is 7.49. The molecule has 0 spiro atoms. The highest BCUT2D eigenvalue weighted by atomic mass is 32.2. The molecule has 0 saturated heterocycles. The maximum Gasteiger partial charge on any atom is 0.162 e. The summed E-state index contributed by atoms with van der Waals surface area (Å²) in [5.74, 6) is 0.820. The molecule has 0 fully saturated rings. The van der Waals surface area contributed by atoms with Gasteiger partial charge < -0.3 is 5.73 Å². The van der Waals surface area contributed by atoms with E-state index < -0.39 is 0 Å². The summed E-state index contributed by atoms with van der Waals surface area (Å²) in [4.78, 5) is 9.95. The monoisotopic (exact) mass is 351 g/mol. The topological polar surface area (TPSA) is 51.8 Å². The van der Waals surface area contributed by atoms with Gasteiger partial charge in [-0.25, -0.2) is 14.4 Å². The van der Waals surface area contributed by atoms with Gasteiger partial charge in [0.2, 0.25) is 0 Å². The summed E-state index contributed by atoms with van der Waals surface area (Å²) in [5, 5.41) is 0.790. The van der Waals surface area contributed by atoms with Crippen LogP contribution in [0.4, 0.5) is 10.2 Å². The van der Waals surface area contributed by atoms with Crippen molar-refractivity contribution in [3.05, 3.63) is 83.0 Å². The summed E-state index contributed by atoms with van der Waals surface area (Å²) in [7, 11) is 0. The first-order valence-corrected chi connectivity index (χ1v) is 8.64. The molecule has 3 nitrogen and oxygen atoms in total. The molecule has 0 aliphatic heterocycles. The lowest BCUT2D eigenvalue weighted by Gasteiger charge is -2.11. The summed E-state index contributed by atoms with van der Waals surface area (Å²) in [6, 6.07) is 16.2. The van der Waals surface area contributed by atoms with Crippen LogP contribution in [0.2, 0.25) is 0 Å². The van der Waals surface area contributed by atoms with E-state index in [0.717, 1.165) is 26.6 Å². The Morgan fingerprint density at radius 1 is 1.08 bits per heavy atom. The fourth-order valence-corrected chi connectivity index (χ4v) is 3.23. The Balaban J connectivity index is 1.82. The van der Waals surface area contributed by atoms with E-state index in [1.807, 2.05) is 37.3 Å². The van der Waals surface area contributed by atoms with Gasteiger partial charge in [-0.05, 0) is 29.5 Å². The smallest absolute Gasteiger partial charge is 0.162 e. The minimum Gasteiger partial charge on any atom is -0.383 e. The van der Waals surface area contributed by atoms with Crippen LogP contribution in [0.25, 0.3) is 11.4 Å². The molecule has 0 unspecified atom stereocenters. The SMILES string of the molecule is C=C(Cc1ccc(F)cc1)Sc1nc(-c2ccccc2)nc(N)c1C. The Labute approximate surface area is 150 Å². The van der Waals surface area contributed by atoms with Crippen molar-refractivity contribution in [2.45, 2.75) is 18.4 Å². The van der Waals surface area contributed by atoms with Crippen LogP contribution in [0.1, 0.15) is 11.1 Å². The molecule has 3 aromatic rings. The molecule has 25 heavy (non-hydrogen) atoms. The number of thioether (sulfide) groups is 1. The van der Waals surface area contributed by atoms with Crippen LogP contribution < -0.4 is 5.73 Å². The summed E-state index contributed by atoms with van der Waals surface area (Å²) in [5.41, 5.74) is 8.82. The molecule has 2 aromatic carbocycles. The van der Waals surface area contributed by atoms with Crippen molar-refractivity contribution in [3.8, 4) is 11.4 Å². The van der Waals surface area contributed by atoms with Crippen LogP contribution in [0.5, 0.6) is 0 Å². The molecule has 0 saturated carbocycles. The zero-order valence-corrected chi connectivity index (χ0v) is 14.7. The summed E-state index contributed by atoms with van der Waals surface area (Å²) < 4.78 is 13.0. The predicted octanol–water partition coefficient (Wildman–Crippen LogP) is 5.02. The third kappa shape index (κ3) is 4.25. The number of rotatable bonds is 5. The Bertz CT molecular complexity index is 893. The van der Waals surface area contributed by atoms with Crippen molar-refractivity contribution < 1.29 is 4.39 Å². The van der Waals surface area contributed by atoms with Crippen LogP contribution in [-0.2, 0) is 6.42 Å². The van der Waals surface area contributed by atoms with Gasteiger partial charge in [-0.2, -0.15) is 0 Å². The molecule has 0 aliphatic carbocycles. The van der Waals surface area contributed by atoms with Crippen LogP contribution in [0.3, 0.4) is 0 Å². The van der Waals surface area contributed by atoms with Crippen molar-refractivity contribution >= 4 is 17.6 Å². The van der Waals surface area contributed by atoms with Gasteiger partial charge in [0.05, 0.1) is 0 Å². The first-order valence-electron chi connectivity index (χ1n) is 7.82. The summed E-state index contributed by atoms with van der Waals surface area (Å²) in [6.07, 6.45) is 0.634. The molecule has 0 radical (unpaired) electrons. The van der Waals surface area contributed by atoms with Gasteiger partial charge >= 0.3 is 0 Å². The van der Waals surface area contributed by atoms with Crippen molar-refractivity contribution in [2.24, 2.45) is 0 Å². The number of halogens is 1. The largest absolute Gasteiger partial charge is 0.383 e. The van der Waals surface area contributed by atoms with Crippen LogP contribution >= 0.6 is 11.8 Å². The lowest BCUT2D eigenvalue weighted by atomic mass is 10.1. The summed E-state index contributed by atoms with van der Waals surface area (Å²) in [6.45, 7) is 6.01. The quantitative estimate of drug-likeness (QED) is 0.518. The normalized spacial score (nSPS) is 10.6. The average Bonchev–Trinajstić information content (AvgIpc) is 2.61. The molecule has 0 aliphatic rings. The zero-order chi connectivity index (χ0) is 17.8. The third-order valence-electron chi connectivity index (χ3n) is 3.73. The van der Waals surface area contributed by atoms with E-state index in [1.165, 1.54) is 23.9 Å². The number of allylic oxidation sites excluding steroid dienone is 1. The lowest BCUT2D eigenvalue weighted by molar-refractivity contribution is 0.627. The number of hydrogen-bond donors (Lipinski definition) is 1. The highest BCUT2D eigenvalue weighted by molar-refractivity contribution is 8.03. The van der Waals surface area contributed by atoms with Gasteiger partial charge in [-0.15, -0.1) is 0 Å². The number of benzene rings is 2. The molecular weight excluding hydrogens is 333 g/mol. The highest BCUT2D eigenvalue weighted by Gasteiger charge is 2.12. The van der Waals surface area contributed by atoms with Crippen molar-refractivity contribution in [2.75, 3.05) is 5.73 Å². The molecule has 0 atom stereocenters. The molecule has 1 heterocycles. The minimum absolute atomic E-state index is 0.242. The van der Waals surface area contributed by atoms with Crippen LogP contribution in [-0.4, -0.2) is 9.97 Å². The third-order valence-corrected chi connectivity index (χ3v) is 4.75. The Kier molecular flexibility index (Phi) is 5.14. The molecule has 3 rings (SSSR count). The first kappa shape index (κ1) is 17.2. The number of hydrogen-bond acceptors (Lipinski definition) is 4. The van der Waals surface area contributed by atoms with E-state index in [4.69, 9.17) is 5.73 Å².